The van der Waals surface area contributed by atoms with Gasteiger partial charge in [0.2, 0.25) is 0 Å². The molecule has 0 aliphatic heterocycles. The van der Waals surface area contributed by atoms with Crippen LogP contribution in [0.3, 0.4) is 0 Å². The van der Waals surface area contributed by atoms with E-state index in [0.717, 1.165) is 6.42 Å². The lowest BCUT2D eigenvalue weighted by molar-refractivity contribution is 0.729. The van der Waals surface area contributed by atoms with Crippen LogP contribution in [0.2, 0.25) is 0 Å². The van der Waals surface area contributed by atoms with Gasteiger partial charge in [-0.1, -0.05) is 18.2 Å². The average molecular weight is 181 g/mol. The third-order valence-electron chi connectivity index (χ3n) is 1.73. The van der Waals surface area contributed by atoms with Crippen molar-refractivity contribution in [1.82, 2.24) is 0 Å². The summed E-state index contributed by atoms with van der Waals surface area (Å²) >= 11 is 1.78. The van der Waals surface area contributed by atoms with Gasteiger partial charge in [-0.05, 0) is 31.2 Å². The van der Waals surface area contributed by atoms with E-state index in [1.165, 1.54) is 10.5 Å². The highest BCUT2D eigenvalue weighted by atomic mass is 32.2. The third kappa shape index (κ3) is 2.54. The van der Waals surface area contributed by atoms with E-state index in [-0.39, 0.29) is 6.04 Å². The summed E-state index contributed by atoms with van der Waals surface area (Å²) in [4.78, 5) is 1.34. The maximum absolute atomic E-state index is 5.74. The molecular formula is C10H15NS. The van der Waals surface area contributed by atoms with Crippen molar-refractivity contribution in [3.8, 4) is 0 Å². The van der Waals surface area contributed by atoms with Crippen molar-refractivity contribution in [3.63, 3.8) is 0 Å². The predicted octanol–water partition coefficient (Wildman–Crippen LogP) is 2.30. The zero-order chi connectivity index (χ0) is 8.97. The van der Waals surface area contributed by atoms with Crippen LogP contribution in [0, 0.1) is 0 Å². The second-order valence-corrected chi connectivity index (χ2v) is 3.84. The predicted molar refractivity (Wildman–Crippen MR) is 55.6 cm³/mol. The topological polar surface area (TPSA) is 26.0 Å². The smallest absolute Gasteiger partial charge is 0.0102 e. The maximum Gasteiger partial charge on any atom is 0.0102 e. The number of rotatable bonds is 3. The SMILES string of the molecule is CSc1ccccc1C[C@@H](C)N. The first-order valence-corrected chi connectivity index (χ1v) is 5.34. The molecule has 1 rings (SSSR count). The molecular weight excluding hydrogens is 166 g/mol. The number of nitrogens with two attached hydrogens (primary N) is 1. The lowest BCUT2D eigenvalue weighted by Crippen LogP contribution is -2.18. The molecule has 1 atom stereocenters. The van der Waals surface area contributed by atoms with Crippen molar-refractivity contribution >= 4 is 11.8 Å². The van der Waals surface area contributed by atoms with Crippen LogP contribution in [0.15, 0.2) is 29.2 Å². The molecule has 0 saturated heterocycles. The van der Waals surface area contributed by atoms with Gasteiger partial charge in [-0.3, -0.25) is 0 Å². The molecule has 1 nitrogen and oxygen atoms in total. The molecule has 0 aliphatic carbocycles. The van der Waals surface area contributed by atoms with Gasteiger partial charge in [0, 0.05) is 10.9 Å². The Morgan fingerprint density at radius 2 is 2.08 bits per heavy atom. The van der Waals surface area contributed by atoms with E-state index in [9.17, 15) is 0 Å². The van der Waals surface area contributed by atoms with Gasteiger partial charge in [-0.15, -0.1) is 11.8 Å². The van der Waals surface area contributed by atoms with Gasteiger partial charge in [0.1, 0.15) is 0 Å². The van der Waals surface area contributed by atoms with E-state index < -0.39 is 0 Å². The van der Waals surface area contributed by atoms with Crippen LogP contribution >= 0.6 is 11.8 Å². The van der Waals surface area contributed by atoms with Gasteiger partial charge in [0.25, 0.3) is 0 Å². The van der Waals surface area contributed by atoms with Crippen LogP contribution in [-0.2, 0) is 6.42 Å². The summed E-state index contributed by atoms with van der Waals surface area (Å²) < 4.78 is 0. The second kappa shape index (κ2) is 4.53. The normalized spacial score (nSPS) is 12.9. The van der Waals surface area contributed by atoms with Gasteiger partial charge in [-0.25, -0.2) is 0 Å². The molecule has 0 bridgehead atoms. The standard InChI is InChI=1S/C10H15NS/c1-8(11)7-9-5-3-4-6-10(9)12-2/h3-6,8H,7,11H2,1-2H3/t8-/m1/s1. The van der Waals surface area contributed by atoms with Crippen molar-refractivity contribution in [1.29, 1.82) is 0 Å². The van der Waals surface area contributed by atoms with Gasteiger partial charge < -0.3 is 5.73 Å². The Hall–Kier alpha value is -0.470. The van der Waals surface area contributed by atoms with Gasteiger partial charge in [0.05, 0.1) is 0 Å². The van der Waals surface area contributed by atoms with E-state index in [1.54, 1.807) is 11.8 Å². The Morgan fingerprint density at radius 3 is 2.67 bits per heavy atom. The van der Waals surface area contributed by atoms with Crippen molar-refractivity contribution < 1.29 is 0 Å². The minimum Gasteiger partial charge on any atom is -0.328 e. The van der Waals surface area contributed by atoms with Crippen molar-refractivity contribution in [3.05, 3.63) is 29.8 Å². The molecule has 66 valence electrons. The Labute approximate surface area is 78.4 Å². The first-order valence-electron chi connectivity index (χ1n) is 4.11. The Bertz CT molecular complexity index is 245. The van der Waals surface area contributed by atoms with E-state index in [1.807, 2.05) is 6.92 Å². The van der Waals surface area contributed by atoms with Crippen LogP contribution < -0.4 is 5.73 Å². The number of hydrogen-bond acceptors (Lipinski definition) is 2. The molecule has 1 aromatic carbocycles. The zero-order valence-electron chi connectivity index (χ0n) is 7.58. The molecule has 0 saturated carbocycles. The van der Waals surface area contributed by atoms with Crippen LogP contribution in [0.1, 0.15) is 12.5 Å². The quantitative estimate of drug-likeness (QED) is 0.724. The Kier molecular flexibility index (Phi) is 3.63. The molecule has 0 amide bonds. The fraction of sp³-hybridized carbons (Fsp3) is 0.400. The monoisotopic (exact) mass is 181 g/mol. The fourth-order valence-corrected chi connectivity index (χ4v) is 1.85. The molecule has 0 aromatic heterocycles. The Morgan fingerprint density at radius 1 is 1.42 bits per heavy atom. The highest BCUT2D eigenvalue weighted by molar-refractivity contribution is 7.98. The molecule has 0 fully saturated rings. The van der Waals surface area contributed by atoms with Crippen molar-refractivity contribution in [2.45, 2.75) is 24.3 Å². The van der Waals surface area contributed by atoms with E-state index in [2.05, 4.69) is 30.5 Å². The third-order valence-corrected chi connectivity index (χ3v) is 2.57. The lowest BCUT2D eigenvalue weighted by Gasteiger charge is -2.08. The van der Waals surface area contributed by atoms with Crippen molar-refractivity contribution in [2.24, 2.45) is 5.73 Å². The number of hydrogen-bond donors (Lipinski definition) is 1. The molecule has 1 aromatic rings. The Balaban J connectivity index is 2.82. The average Bonchev–Trinajstić information content (AvgIpc) is 2.04. The summed E-state index contributed by atoms with van der Waals surface area (Å²) in [5.74, 6) is 0. The second-order valence-electron chi connectivity index (χ2n) is 2.99. The first kappa shape index (κ1) is 9.62. The van der Waals surface area contributed by atoms with Gasteiger partial charge in [0.15, 0.2) is 0 Å². The van der Waals surface area contributed by atoms with E-state index in [0.29, 0.717) is 0 Å². The molecule has 2 heteroatoms. The summed E-state index contributed by atoms with van der Waals surface area (Å²) in [5.41, 5.74) is 7.10. The number of benzene rings is 1. The largest absolute Gasteiger partial charge is 0.328 e. The van der Waals surface area contributed by atoms with E-state index in [4.69, 9.17) is 5.73 Å². The molecule has 0 radical (unpaired) electrons. The van der Waals surface area contributed by atoms with Crippen LogP contribution in [0.25, 0.3) is 0 Å². The molecule has 12 heavy (non-hydrogen) atoms. The summed E-state index contributed by atoms with van der Waals surface area (Å²) in [6.45, 7) is 2.04. The highest BCUT2D eigenvalue weighted by Gasteiger charge is 2.02. The molecule has 0 aliphatic rings. The number of thioether (sulfide) groups is 1. The van der Waals surface area contributed by atoms with Gasteiger partial charge >= 0.3 is 0 Å². The lowest BCUT2D eigenvalue weighted by atomic mass is 10.1. The summed E-state index contributed by atoms with van der Waals surface area (Å²) in [7, 11) is 0. The molecule has 2 N–H and O–H groups in total. The molecule has 0 heterocycles. The van der Waals surface area contributed by atoms with Crippen LogP contribution in [0.5, 0.6) is 0 Å². The van der Waals surface area contributed by atoms with Crippen LogP contribution in [0.4, 0.5) is 0 Å². The van der Waals surface area contributed by atoms with Gasteiger partial charge in [-0.2, -0.15) is 0 Å². The minimum absolute atomic E-state index is 0.248. The summed E-state index contributed by atoms with van der Waals surface area (Å²) in [5, 5.41) is 0. The highest BCUT2D eigenvalue weighted by Crippen LogP contribution is 2.20. The molecule has 0 unspecified atom stereocenters. The zero-order valence-corrected chi connectivity index (χ0v) is 8.40. The molecule has 0 spiro atoms. The fourth-order valence-electron chi connectivity index (χ4n) is 1.22. The first-order chi connectivity index (χ1) is 5.74. The van der Waals surface area contributed by atoms with Crippen LogP contribution in [-0.4, -0.2) is 12.3 Å². The van der Waals surface area contributed by atoms with E-state index >= 15 is 0 Å². The maximum atomic E-state index is 5.74. The summed E-state index contributed by atoms with van der Waals surface area (Å²) in [6.07, 6.45) is 3.07. The minimum atomic E-state index is 0.248. The summed E-state index contributed by atoms with van der Waals surface area (Å²) in [6, 6.07) is 8.67. The van der Waals surface area contributed by atoms with Crippen molar-refractivity contribution in [2.75, 3.05) is 6.26 Å².